The number of carbonyl (C=O) groups excluding carboxylic acids is 1. The fraction of sp³-hybridized carbons (Fsp3) is 0.100. The molecule has 0 spiro atoms. The summed E-state index contributed by atoms with van der Waals surface area (Å²) in [4.78, 5) is 11.1. The maximum absolute atomic E-state index is 11.1. The Morgan fingerprint density at radius 3 is 2.73 bits per heavy atom. The van der Waals surface area contributed by atoms with Crippen LogP contribution in [0.3, 0.4) is 0 Å². The maximum Gasteiger partial charge on any atom is 0.266 e. The largest absolute Gasteiger partial charge is 0.364 e. The van der Waals surface area contributed by atoms with Crippen LogP contribution in [0.4, 0.5) is 0 Å². The molecule has 1 aromatic heterocycles. The first-order valence-corrected chi connectivity index (χ1v) is 4.87. The van der Waals surface area contributed by atoms with Gasteiger partial charge in [-0.15, -0.1) is 0 Å². The molecule has 4 N–H and O–H groups in total. The normalized spacial score (nSPS) is 10.8. The van der Waals surface area contributed by atoms with E-state index in [4.69, 9.17) is 11.5 Å². The summed E-state index contributed by atoms with van der Waals surface area (Å²) >= 11 is 4.22. The summed E-state index contributed by atoms with van der Waals surface area (Å²) in [5, 5.41) is 0.927. The minimum atomic E-state index is -0.490. The molecule has 15 heavy (non-hydrogen) atoms. The van der Waals surface area contributed by atoms with Crippen molar-refractivity contribution in [3.8, 4) is 0 Å². The highest BCUT2D eigenvalue weighted by molar-refractivity contribution is 7.78. The lowest BCUT2D eigenvalue weighted by molar-refractivity contribution is 0.0995. The van der Waals surface area contributed by atoms with Gasteiger partial charge in [-0.1, -0.05) is 24.9 Å². The number of amides is 1. The molecule has 0 aliphatic heterocycles. The van der Waals surface area contributed by atoms with Gasteiger partial charge in [0.05, 0.1) is 5.52 Å². The quantitative estimate of drug-likeness (QED) is 0.659. The zero-order chi connectivity index (χ0) is 11.0. The third-order valence-corrected chi connectivity index (χ3v) is 2.76. The number of fused-ring (bicyclic) bond motifs is 1. The SMILES string of the molecule is NCc1ccc2cc(C(N)=O)n(S)c2c1. The van der Waals surface area contributed by atoms with Gasteiger partial charge in [-0.2, -0.15) is 0 Å². The van der Waals surface area contributed by atoms with Gasteiger partial charge in [-0.05, 0) is 17.7 Å². The van der Waals surface area contributed by atoms with E-state index in [-0.39, 0.29) is 0 Å². The molecule has 0 saturated carbocycles. The average Bonchev–Trinajstić information content (AvgIpc) is 2.56. The van der Waals surface area contributed by atoms with Crippen molar-refractivity contribution in [1.29, 1.82) is 0 Å². The minimum absolute atomic E-state index is 0.377. The van der Waals surface area contributed by atoms with E-state index < -0.39 is 5.91 Å². The number of hydrogen-bond acceptors (Lipinski definition) is 3. The number of rotatable bonds is 2. The topological polar surface area (TPSA) is 74.0 Å². The Balaban J connectivity index is 2.72. The van der Waals surface area contributed by atoms with E-state index in [1.165, 1.54) is 3.97 Å². The molecule has 0 atom stereocenters. The Hall–Kier alpha value is -1.46. The highest BCUT2D eigenvalue weighted by Gasteiger charge is 2.10. The second-order valence-corrected chi connectivity index (χ2v) is 3.70. The van der Waals surface area contributed by atoms with Crippen LogP contribution >= 0.6 is 12.8 Å². The van der Waals surface area contributed by atoms with Gasteiger partial charge in [0, 0.05) is 11.9 Å². The minimum Gasteiger partial charge on any atom is -0.364 e. The van der Waals surface area contributed by atoms with Gasteiger partial charge in [-0.25, -0.2) is 0 Å². The first-order chi connectivity index (χ1) is 7.13. The predicted octanol–water partition coefficient (Wildman–Crippen LogP) is 0.892. The lowest BCUT2D eigenvalue weighted by atomic mass is 10.1. The molecule has 1 amide bonds. The van der Waals surface area contributed by atoms with Crippen molar-refractivity contribution >= 4 is 29.6 Å². The predicted molar refractivity (Wildman–Crippen MR) is 62.7 cm³/mol. The van der Waals surface area contributed by atoms with Crippen LogP contribution in [0, 0.1) is 0 Å². The zero-order valence-corrected chi connectivity index (χ0v) is 8.87. The van der Waals surface area contributed by atoms with Crippen LogP contribution in [-0.2, 0) is 6.54 Å². The Morgan fingerprint density at radius 2 is 2.13 bits per heavy atom. The molecule has 0 radical (unpaired) electrons. The Bertz CT molecular complexity index is 533. The van der Waals surface area contributed by atoms with E-state index >= 15 is 0 Å². The molecular formula is C10H11N3OS. The third-order valence-electron chi connectivity index (χ3n) is 2.33. The molecule has 78 valence electrons. The van der Waals surface area contributed by atoms with Crippen molar-refractivity contribution in [3.05, 3.63) is 35.5 Å². The monoisotopic (exact) mass is 221 g/mol. The molecule has 2 aromatic rings. The van der Waals surface area contributed by atoms with Crippen molar-refractivity contribution in [3.63, 3.8) is 0 Å². The van der Waals surface area contributed by atoms with Crippen molar-refractivity contribution in [2.24, 2.45) is 11.5 Å². The number of nitrogens with zero attached hydrogens (tertiary/aromatic N) is 1. The molecule has 0 fully saturated rings. The highest BCUT2D eigenvalue weighted by atomic mass is 32.1. The Kier molecular flexibility index (Phi) is 2.42. The Labute approximate surface area is 92.4 Å². The molecule has 4 nitrogen and oxygen atoms in total. The third kappa shape index (κ3) is 1.60. The van der Waals surface area contributed by atoms with Gasteiger partial charge in [0.15, 0.2) is 0 Å². The van der Waals surface area contributed by atoms with E-state index in [2.05, 4.69) is 12.8 Å². The number of thiol groups is 1. The molecule has 0 aliphatic rings. The van der Waals surface area contributed by atoms with E-state index in [1.54, 1.807) is 6.07 Å². The van der Waals surface area contributed by atoms with Crippen molar-refractivity contribution in [1.82, 2.24) is 3.97 Å². The second kappa shape index (κ2) is 3.60. The Morgan fingerprint density at radius 1 is 1.40 bits per heavy atom. The smallest absolute Gasteiger partial charge is 0.266 e. The van der Waals surface area contributed by atoms with Gasteiger partial charge < -0.3 is 11.5 Å². The van der Waals surface area contributed by atoms with Gasteiger partial charge in [0.2, 0.25) is 0 Å². The number of benzene rings is 1. The van der Waals surface area contributed by atoms with Crippen LogP contribution in [0.15, 0.2) is 24.3 Å². The van der Waals surface area contributed by atoms with Crippen LogP contribution in [-0.4, -0.2) is 9.88 Å². The van der Waals surface area contributed by atoms with Crippen LogP contribution in [0.25, 0.3) is 10.9 Å². The molecular weight excluding hydrogens is 210 g/mol. The van der Waals surface area contributed by atoms with Gasteiger partial charge >= 0.3 is 0 Å². The fourth-order valence-corrected chi connectivity index (χ4v) is 1.86. The standard InChI is InChI=1S/C10H11N3OS/c11-5-6-1-2-7-4-9(10(12)14)13(15)8(7)3-6/h1-4,15H,5,11H2,(H2,12,14). The van der Waals surface area contributed by atoms with E-state index in [9.17, 15) is 4.79 Å². The maximum atomic E-state index is 11.1. The summed E-state index contributed by atoms with van der Waals surface area (Å²) in [7, 11) is 0. The first kappa shape index (κ1) is 10.1. The molecule has 5 heteroatoms. The van der Waals surface area contributed by atoms with Crippen molar-refractivity contribution in [2.75, 3.05) is 0 Å². The van der Waals surface area contributed by atoms with Crippen molar-refractivity contribution in [2.45, 2.75) is 6.54 Å². The molecule has 0 unspecified atom stereocenters. The number of hydrogen-bond donors (Lipinski definition) is 3. The lowest BCUT2D eigenvalue weighted by Crippen LogP contribution is -2.13. The van der Waals surface area contributed by atoms with Gasteiger partial charge in [-0.3, -0.25) is 8.77 Å². The molecule has 0 bridgehead atoms. The second-order valence-electron chi connectivity index (χ2n) is 3.30. The van der Waals surface area contributed by atoms with Crippen molar-refractivity contribution < 1.29 is 4.79 Å². The number of carbonyl (C=O) groups is 1. The van der Waals surface area contributed by atoms with E-state index in [0.29, 0.717) is 12.2 Å². The molecule has 1 aromatic carbocycles. The molecule has 0 aliphatic carbocycles. The summed E-state index contributed by atoms with van der Waals surface area (Å²) in [6, 6.07) is 7.43. The number of primary amides is 1. The molecule has 2 rings (SSSR count). The summed E-state index contributed by atoms with van der Waals surface area (Å²) < 4.78 is 1.48. The zero-order valence-electron chi connectivity index (χ0n) is 7.97. The summed E-state index contributed by atoms with van der Waals surface area (Å²) in [6.45, 7) is 0.459. The average molecular weight is 221 g/mol. The van der Waals surface area contributed by atoms with Crippen LogP contribution in [0.2, 0.25) is 0 Å². The van der Waals surface area contributed by atoms with Gasteiger partial charge in [0.25, 0.3) is 5.91 Å². The van der Waals surface area contributed by atoms with Crippen LogP contribution < -0.4 is 11.5 Å². The summed E-state index contributed by atoms with van der Waals surface area (Å²) in [5.41, 5.74) is 13.0. The number of aromatic nitrogens is 1. The fourth-order valence-electron chi connectivity index (χ4n) is 1.54. The molecule has 1 heterocycles. The molecule has 0 saturated heterocycles. The lowest BCUT2D eigenvalue weighted by Gasteiger charge is -2.00. The van der Waals surface area contributed by atoms with Crippen LogP contribution in [0.5, 0.6) is 0 Å². The first-order valence-electron chi connectivity index (χ1n) is 4.47. The van der Waals surface area contributed by atoms with Gasteiger partial charge in [0.1, 0.15) is 5.69 Å². The van der Waals surface area contributed by atoms with E-state index in [1.807, 2.05) is 18.2 Å². The number of nitrogens with two attached hydrogens (primary N) is 2. The van der Waals surface area contributed by atoms with E-state index in [0.717, 1.165) is 16.5 Å². The summed E-state index contributed by atoms with van der Waals surface area (Å²) in [5.74, 6) is -0.490. The summed E-state index contributed by atoms with van der Waals surface area (Å²) in [6.07, 6.45) is 0. The highest BCUT2D eigenvalue weighted by Crippen LogP contribution is 2.22. The van der Waals surface area contributed by atoms with Crippen LogP contribution in [0.1, 0.15) is 16.1 Å².